The first-order valence-corrected chi connectivity index (χ1v) is 13.9. The van der Waals surface area contributed by atoms with E-state index in [1.807, 2.05) is 11.0 Å². The SMILES string of the molecule is CC(=O)N1CCC(C(=O)N2CCC(N(C)C(=O)c3ccc4c(c3)OC(F)(F)O4)C(c3ccc(Cl)c(Cl)c3)C2)CC1. The summed E-state index contributed by atoms with van der Waals surface area (Å²) in [4.78, 5) is 43.9. The number of carbonyl (C=O) groups excluding carboxylic acids is 3. The molecule has 3 aliphatic rings. The minimum absolute atomic E-state index is 0.00951. The van der Waals surface area contributed by atoms with Gasteiger partial charge in [0.1, 0.15) is 0 Å². The van der Waals surface area contributed by atoms with Crippen molar-refractivity contribution in [2.45, 2.75) is 44.4 Å². The normalized spacial score (nSPS) is 22.2. The zero-order valence-electron chi connectivity index (χ0n) is 22.0. The van der Waals surface area contributed by atoms with Crippen LogP contribution in [0.15, 0.2) is 36.4 Å². The first kappa shape index (κ1) is 28.4. The minimum atomic E-state index is -3.78. The Morgan fingerprint density at radius 1 is 0.925 bits per heavy atom. The van der Waals surface area contributed by atoms with E-state index in [9.17, 15) is 23.2 Å². The molecule has 0 aromatic heterocycles. The molecule has 2 atom stereocenters. The molecule has 2 fully saturated rings. The molecule has 3 heterocycles. The average Bonchev–Trinajstić information content (AvgIpc) is 3.26. The summed E-state index contributed by atoms with van der Waals surface area (Å²) in [6.45, 7) is 3.44. The van der Waals surface area contributed by atoms with E-state index in [-0.39, 0.29) is 52.7 Å². The highest BCUT2D eigenvalue weighted by Gasteiger charge is 2.44. The van der Waals surface area contributed by atoms with E-state index in [1.54, 1.807) is 29.0 Å². The second-order valence-corrected chi connectivity index (χ2v) is 11.3. The van der Waals surface area contributed by atoms with Crippen molar-refractivity contribution in [2.24, 2.45) is 5.92 Å². The van der Waals surface area contributed by atoms with Gasteiger partial charge in [0.2, 0.25) is 11.8 Å². The zero-order valence-corrected chi connectivity index (χ0v) is 23.6. The van der Waals surface area contributed by atoms with Gasteiger partial charge >= 0.3 is 6.29 Å². The summed E-state index contributed by atoms with van der Waals surface area (Å²) in [6.07, 6.45) is -2.07. The van der Waals surface area contributed by atoms with E-state index >= 15 is 0 Å². The molecule has 2 aromatic carbocycles. The van der Waals surface area contributed by atoms with Crippen LogP contribution in [0.5, 0.6) is 11.5 Å². The maximum absolute atomic E-state index is 13.5. The largest absolute Gasteiger partial charge is 0.586 e. The highest BCUT2D eigenvalue weighted by molar-refractivity contribution is 6.42. The van der Waals surface area contributed by atoms with Gasteiger partial charge in [-0.25, -0.2) is 0 Å². The molecule has 12 heteroatoms. The van der Waals surface area contributed by atoms with E-state index in [2.05, 4.69) is 9.47 Å². The minimum Gasteiger partial charge on any atom is -0.395 e. The number of benzene rings is 2. The molecule has 0 radical (unpaired) electrons. The molecule has 214 valence electrons. The lowest BCUT2D eigenvalue weighted by molar-refractivity contribution is -0.286. The Hall–Kier alpha value is -3.11. The standard InChI is InChI=1S/C28H29Cl2F2N3O5/c1-16(36)34-10-7-17(8-11-34)27(38)35-12-9-23(20(15-35)18-3-5-21(29)22(30)13-18)33(2)26(37)19-4-6-24-25(14-19)40-28(31,32)39-24/h3-6,13-14,17,20,23H,7-12,15H2,1-2H3. The zero-order chi connectivity index (χ0) is 28.8. The van der Waals surface area contributed by atoms with Crippen molar-refractivity contribution in [1.29, 1.82) is 0 Å². The van der Waals surface area contributed by atoms with Crippen LogP contribution in [0.1, 0.15) is 48.0 Å². The first-order chi connectivity index (χ1) is 18.9. The molecule has 3 amide bonds. The lowest BCUT2D eigenvalue weighted by Crippen LogP contribution is -2.53. The van der Waals surface area contributed by atoms with Crippen molar-refractivity contribution in [3.63, 3.8) is 0 Å². The number of hydrogen-bond acceptors (Lipinski definition) is 5. The summed E-state index contributed by atoms with van der Waals surface area (Å²) in [5.41, 5.74) is 0.999. The van der Waals surface area contributed by atoms with E-state index in [4.69, 9.17) is 23.2 Å². The van der Waals surface area contributed by atoms with E-state index < -0.39 is 6.29 Å². The van der Waals surface area contributed by atoms with Crippen molar-refractivity contribution in [3.8, 4) is 11.5 Å². The van der Waals surface area contributed by atoms with E-state index in [0.29, 0.717) is 55.5 Å². The van der Waals surface area contributed by atoms with E-state index in [0.717, 1.165) is 5.56 Å². The van der Waals surface area contributed by atoms with Crippen molar-refractivity contribution in [1.82, 2.24) is 14.7 Å². The van der Waals surface area contributed by atoms with Crippen molar-refractivity contribution >= 4 is 40.9 Å². The van der Waals surface area contributed by atoms with Crippen LogP contribution in [0, 0.1) is 5.92 Å². The maximum Gasteiger partial charge on any atom is 0.586 e. The summed E-state index contributed by atoms with van der Waals surface area (Å²) >= 11 is 12.5. The van der Waals surface area contributed by atoms with Gasteiger partial charge in [-0.05, 0) is 55.2 Å². The molecule has 3 aliphatic heterocycles. The first-order valence-electron chi connectivity index (χ1n) is 13.1. The number of likely N-dealkylation sites (N-methyl/N-ethyl adjacent to an activating group) is 1. The van der Waals surface area contributed by atoms with Crippen LogP contribution in [-0.2, 0) is 9.59 Å². The Labute approximate surface area is 240 Å². The van der Waals surface area contributed by atoms with Gasteiger partial charge in [-0.2, -0.15) is 0 Å². The predicted molar refractivity (Wildman–Crippen MR) is 144 cm³/mol. The molecule has 5 rings (SSSR count). The predicted octanol–water partition coefficient (Wildman–Crippen LogP) is 5.03. The Bertz CT molecular complexity index is 1340. The molecule has 8 nitrogen and oxygen atoms in total. The Balaban J connectivity index is 1.36. The third-order valence-corrected chi connectivity index (χ3v) is 8.75. The van der Waals surface area contributed by atoms with Crippen LogP contribution < -0.4 is 9.47 Å². The summed E-state index contributed by atoms with van der Waals surface area (Å²) in [7, 11) is 1.66. The molecule has 40 heavy (non-hydrogen) atoms. The fourth-order valence-corrected chi connectivity index (χ4v) is 6.12. The van der Waals surface area contributed by atoms with Gasteiger partial charge in [-0.15, -0.1) is 8.78 Å². The van der Waals surface area contributed by atoms with Gasteiger partial charge in [0.25, 0.3) is 5.91 Å². The van der Waals surface area contributed by atoms with Gasteiger partial charge in [0, 0.05) is 63.6 Å². The lowest BCUT2D eigenvalue weighted by Gasteiger charge is -2.44. The fraction of sp³-hybridized carbons (Fsp3) is 0.464. The number of piperidine rings is 2. The lowest BCUT2D eigenvalue weighted by atomic mass is 9.83. The molecule has 0 spiro atoms. The summed E-state index contributed by atoms with van der Waals surface area (Å²) < 4.78 is 36.0. The number of fused-ring (bicyclic) bond motifs is 1. The summed E-state index contributed by atoms with van der Waals surface area (Å²) in [5, 5.41) is 0.758. The van der Waals surface area contributed by atoms with Crippen molar-refractivity contribution in [3.05, 3.63) is 57.6 Å². The molecule has 0 N–H and O–H groups in total. The number of alkyl halides is 2. The smallest absolute Gasteiger partial charge is 0.395 e. The highest BCUT2D eigenvalue weighted by Crippen LogP contribution is 2.42. The second-order valence-electron chi connectivity index (χ2n) is 10.4. The van der Waals surface area contributed by atoms with Crippen molar-refractivity contribution < 1.29 is 32.6 Å². The number of likely N-dealkylation sites (tertiary alicyclic amines) is 2. The Morgan fingerprint density at radius 3 is 2.27 bits per heavy atom. The maximum atomic E-state index is 13.5. The Kier molecular flexibility index (Phi) is 7.85. The number of rotatable bonds is 4. The third-order valence-electron chi connectivity index (χ3n) is 8.02. The number of hydrogen-bond donors (Lipinski definition) is 0. The molecule has 0 bridgehead atoms. The summed E-state index contributed by atoms with van der Waals surface area (Å²) in [6, 6.07) is 8.91. The number of ether oxygens (including phenoxy) is 2. The van der Waals surface area contributed by atoms with Gasteiger partial charge in [0.05, 0.1) is 10.0 Å². The number of carbonyl (C=O) groups is 3. The average molecular weight is 596 g/mol. The van der Waals surface area contributed by atoms with Crippen LogP contribution in [-0.4, -0.2) is 78.0 Å². The molecule has 2 aromatic rings. The number of halogens is 4. The van der Waals surface area contributed by atoms with Gasteiger partial charge < -0.3 is 24.2 Å². The van der Waals surface area contributed by atoms with Crippen LogP contribution in [0.4, 0.5) is 8.78 Å². The van der Waals surface area contributed by atoms with Crippen LogP contribution in [0.2, 0.25) is 10.0 Å². The second kappa shape index (κ2) is 11.0. The fourth-order valence-electron chi connectivity index (χ4n) is 5.81. The van der Waals surface area contributed by atoms with Gasteiger partial charge in [0.15, 0.2) is 11.5 Å². The number of amides is 3. The monoisotopic (exact) mass is 595 g/mol. The third kappa shape index (κ3) is 5.69. The van der Waals surface area contributed by atoms with Crippen molar-refractivity contribution in [2.75, 3.05) is 33.2 Å². The molecular formula is C28H29Cl2F2N3O5. The quantitative estimate of drug-likeness (QED) is 0.495. The molecule has 0 saturated carbocycles. The summed E-state index contributed by atoms with van der Waals surface area (Å²) in [5.74, 6) is -1.13. The van der Waals surface area contributed by atoms with Gasteiger partial charge in [-0.3, -0.25) is 14.4 Å². The molecular weight excluding hydrogens is 567 g/mol. The van der Waals surface area contributed by atoms with Crippen LogP contribution >= 0.6 is 23.2 Å². The molecule has 2 saturated heterocycles. The van der Waals surface area contributed by atoms with E-state index in [1.165, 1.54) is 25.1 Å². The van der Waals surface area contributed by atoms with Gasteiger partial charge in [-0.1, -0.05) is 29.3 Å². The van der Waals surface area contributed by atoms with Crippen LogP contribution in [0.3, 0.4) is 0 Å². The topological polar surface area (TPSA) is 79.4 Å². The highest BCUT2D eigenvalue weighted by atomic mass is 35.5. The molecule has 2 unspecified atom stereocenters. The van der Waals surface area contributed by atoms with Crippen LogP contribution in [0.25, 0.3) is 0 Å². The number of nitrogens with zero attached hydrogens (tertiary/aromatic N) is 3. The molecule has 0 aliphatic carbocycles. The Morgan fingerprint density at radius 2 is 1.60 bits per heavy atom.